The Kier molecular flexibility index (Phi) is 12.3. The number of H-pyrrole nitrogens is 1. The van der Waals surface area contributed by atoms with Crippen LogP contribution < -0.4 is 22.1 Å². The highest BCUT2D eigenvalue weighted by Gasteiger charge is 2.38. The number of carbonyl (C=O) groups is 1. The van der Waals surface area contributed by atoms with Crippen molar-refractivity contribution in [1.29, 1.82) is 0 Å². The average Bonchev–Trinajstić information content (AvgIpc) is 3.52. The van der Waals surface area contributed by atoms with Gasteiger partial charge in [0, 0.05) is 41.3 Å². The van der Waals surface area contributed by atoms with E-state index < -0.39 is 0 Å². The van der Waals surface area contributed by atoms with Crippen molar-refractivity contribution in [2.45, 2.75) is 24.8 Å². The van der Waals surface area contributed by atoms with E-state index in [4.69, 9.17) is 29.7 Å². The topological polar surface area (TPSA) is 167 Å². The lowest BCUT2D eigenvalue weighted by Gasteiger charge is -2.43. The molecule has 1 fully saturated rings. The molecule has 0 spiro atoms. The van der Waals surface area contributed by atoms with Gasteiger partial charge < -0.3 is 30.0 Å². The Balaban J connectivity index is 1.00. The van der Waals surface area contributed by atoms with Crippen LogP contribution >= 0.6 is 0 Å². The SMILES string of the molecule is NCCOCCOCCOCCOCCNC(=O)CNC1(c2ccc(-c3nc4ccn5c(=O)[nH]nc5c4cc3-c3ccccc3)cc2)CCC1. The molecule has 264 valence electrons. The molecule has 0 bridgehead atoms. The highest BCUT2D eigenvalue weighted by atomic mass is 16.6. The van der Waals surface area contributed by atoms with Crippen molar-refractivity contribution in [1.82, 2.24) is 30.2 Å². The zero-order valence-corrected chi connectivity index (χ0v) is 28.2. The summed E-state index contributed by atoms with van der Waals surface area (Å²) >= 11 is 0. The summed E-state index contributed by atoms with van der Waals surface area (Å²) in [5.41, 5.74) is 11.1. The van der Waals surface area contributed by atoms with E-state index in [1.165, 1.54) is 4.40 Å². The molecule has 1 aliphatic carbocycles. The fourth-order valence-electron chi connectivity index (χ4n) is 6.13. The van der Waals surface area contributed by atoms with Gasteiger partial charge in [-0.1, -0.05) is 54.6 Å². The van der Waals surface area contributed by atoms with Crippen LogP contribution in [-0.2, 0) is 29.3 Å². The molecule has 0 atom stereocenters. The minimum atomic E-state index is -0.287. The minimum absolute atomic E-state index is 0.0681. The number of rotatable bonds is 20. The molecular weight excluding hydrogens is 638 g/mol. The second kappa shape index (κ2) is 17.4. The Bertz CT molecular complexity index is 1890. The molecule has 13 heteroatoms. The van der Waals surface area contributed by atoms with Crippen LogP contribution in [0.3, 0.4) is 0 Å². The van der Waals surface area contributed by atoms with Crippen LogP contribution in [0.25, 0.3) is 38.9 Å². The number of fused-ring (bicyclic) bond motifs is 3. The van der Waals surface area contributed by atoms with Gasteiger partial charge in [-0.2, -0.15) is 5.10 Å². The van der Waals surface area contributed by atoms with Crippen molar-refractivity contribution >= 4 is 22.5 Å². The van der Waals surface area contributed by atoms with Gasteiger partial charge >= 0.3 is 5.69 Å². The number of aromatic amines is 1. The summed E-state index contributed by atoms with van der Waals surface area (Å²) in [6.45, 7) is 5.05. The summed E-state index contributed by atoms with van der Waals surface area (Å²) < 4.78 is 23.2. The smallest absolute Gasteiger partial charge is 0.347 e. The zero-order valence-electron chi connectivity index (χ0n) is 28.2. The maximum atomic E-state index is 12.7. The zero-order chi connectivity index (χ0) is 34.6. The van der Waals surface area contributed by atoms with E-state index >= 15 is 0 Å². The highest BCUT2D eigenvalue weighted by Crippen LogP contribution is 2.42. The Morgan fingerprint density at radius 2 is 1.54 bits per heavy atom. The van der Waals surface area contributed by atoms with Crippen LogP contribution in [0.2, 0.25) is 0 Å². The van der Waals surface area contributed by atoms with Gasteiger partial charge in [-0.15, -0.1) is 0 Å². The van der Waals surface area contributed by atoms with E-state index in [0.29, 0.717) is 71.6 Å². The molecule has 3 aromatic heterocycles. The standard InChI is InChI=1S/C37H45N7O6/c38-14-17-47-19-21-49-23-24-50-22-20-48-18-15-39-33(45)26-40-37(12-4-13-37)29-9-7-28(8-10-29)34-30(27-5-2-1-3-6-27)25-31-32(41-34)11-16-44-35(31)42-43-36(44)46/h1-3,5-11,16,25,40H,4,12-15,17-24,26,38H2,(H,39,45)(H,43,46). The van der Waals surface area contributed by atoms with Crippen molar-refractivity contribution in [3.8, 4) is 22.4 Å². The van der Waals surface area contributed by atoms with E-state index in [-0.39, 0.29) is 23.7 Å². The quantitative estimate of drug-likeness (QED) is 0.0896. The Morgan fingerprint density at radius 3 is 2.20 bits per heavy atom. The number of hydrogen-bond acceptors (Lipinski definition) is 10. The molecule has 6 rings (SSSR count). The summed E-state index contributed by atoms with van der Waals surface area (Å²) in [4.78, 5) is 30.0. The minimum Gasteiger partial charge on any atom is -0.378 e. The molecule has 1 aliphatic rings. The van der Waals surface area contributed by atoms with Crippen molar-refractivity contribution in [2.75, 3.05) is 72.5 Å². The molecule has 0 aliphatic heterocycles. The van der Waals surface area contributed by atoms with Gasteiger partial charge in [0.25, 0.3) is 0 Å². The maximum absolute atomic E-state index is 12.7. The molecule has 2 aromatic carbocycles. The molecule has 5 N–H and O–H groups in total. The number of nitrogens with one attached hydrogen (secondary N) is 3. The van der Waals surface area contributed by atoms with Gasteiger partial charge in [0.2, 0.25) is 5.91 Å². The summed E-state index contributed by atoms with van der Waals surface area (Å²) in [7, 11) is 0. The first kappa shape index (κ1) is 35.3. The predicted octanol–water partition coefficient (Wildman–Crippen LogP) is 3.01. The molecule has 13 nitrogen and oxygen atoms in total. The van der Waals surface area contributed by atoms with E-state index in [1.54, 1.807) is 6.20 Å². The number of aromatic nitrogens is 4. The molecule has 5 aromatic rings. The van der Waals surface area contributed by atoms with Crippen LogP contribution in [-0.4, -0.2) is 98.0 Å². The Hall–Kier alpha value is -4.50. The number of hydrogen-bond donors (Lipinski definition) is 4. The molecule has 1 amide bonds. The second-order valence-corrected chi connectivity index (χ2v) is 12.2. The fourth-order valence-corrected chi connectivity index (χ4v) is 6.13. The lowest BCUT2D eigenvalue weighted by molar-refractivity contribution is -0.121. The lowest BCUT2D eigenvalue weighted by Crippen LogP contribution is -2.51. The first-order valence-corrected chi connectivity index (χ1v) is 17.2. The molecule has 3 heterocycles. The van der Waals surface area contributed by atoms with Gasteiger partial charge in [-0.3, -0.25) is 10.1 Å². The molecule has 1 saturated carbocycles. The first-order valence-electron chi connectivity index (χ1n) is 17.2. The fraction of sp³-hybridized carbons (Fsp3) is 0.405. The maximum Gasteiger partial charge on any atom is 0.347 e. The van der Waals surface area contributed by atoms with Gasteiger partial charge in [0.05, 0.1) is 70.6 Å². The van der Waals surface area contributed by atoms with Crippen LogP contribution in [0, 0.1) is 0 Å². The Labute approximate surface area is 290 Å². The predicted molar refractivity (Wildman–Crippen MR) is 191 cm³/mol. The van der Waals surface area contributed by atoms with Gasteiger partial charge in [-0.05, 0) is 42.5 Å². The number of amides is 1. The molecule has 0 saturated heterocycles. The summed E-state index contributed by atoms with van der Waals surface area (Å²) in [5.74, 6) is -0.0681. The van der Waals surface area contributed by atoms with E-state index in [9.17, 15) is 9.59 Å². The van der Waals surface area contributed by atoms with Crippen LogP contribution in [0.1, 0.15) is 24.8 Å². The van der Waals surface area contributed by atoms with E-state index in [1.807, 2.05) is 24.3 Å². The molecule has 0 radical (unpaired) electrons. The monoisotopic (exact) mass is 683 g/mol. The normalized spacial score (nSPS) is 13.9. The van der Waals surface area contributed by atoms with E-state index in [0.717, 1.165) is 58.1 Å². The van der Waals surface area contributed by atoms with Crippen LogP contribution in [0.15, 0.2) is 77.7 Å². The number of nitrogens with two attached hydrogens (primary N) is 1. The van der Waals surface area contributed by atoms with Crippen LogP contribution in [0.4, 0.5) is 0 Å². The number of nitrogens with zero attached hydrogens (tertiary/aromatic N) is 3. The summed E-state index contributed by atoms with van der Waals surface area (Å²) in [5, 5.41) is 14.0. The Morgan fingerprint density at radius 1 is 0.860 bits per heavy atom. The van der Waals surface area contributed by atoms with Gasteiger partial charge in [0.1, 0.15) is 0 Å². The first-order chi connectivity index (χ1) is 24.6. The molecule has 50 heavy (non-hydrogen) atoms. The van der Waals surface area contributed by atoms with Crippen molar-refractivity contribution in [3.63, 3.8) is 0 Å². The summed E-state index contributed by atoms with van der Waals surface area (Å²) in [6, 6.07) is 22.5. The number of ether oxygens (including phenoxy) is 4. The van der Waals surface area contributed by atoms with Crippen molar-refractivity contribution < 1.29 is 23.7 Å². The number of benzene rings is 2. The van der Waals surface area contributed by atoms with Gasteiger partial charge in [0.15, 0.2) is 5.65 Å². The summed E-state index contributed by atoms with van der Waals surface area (Å²) in [6.07, 6.45) is 4.70. The van der Waals surface area contributed by atoms with Crippen molar-refractivity contribution in [2.24, 2.45) is 5.73 Å². The molecular formula is C37H45N7O6. The number of pyridine rings is 2. The van der Waals surface area contributed by atoms with Crippen LogP contribution in [0.5, 0.6) is 0 Å². The largest absolute Gasteiger partial charge is 0.378 e. The third-order valence-corrected chi connectivity index (χ3v) is 8.92. The third-order valence-electron chi connectivity index (χ3n) is 8.92. The highest BCUT2D eigenvalue weighted by molar-refractivity contribution is 5.98. The third kappa shape index (κ3) is 8.62. The number of carbonyl (C=O) groups excluding carboxylic acids is 1. The lowest BCUT2D eigenvalue weighted by atomic mass is 9.71. The van der Waals surface area contributed by atoms with Crippen molar-refractivity contribution in [3.05, 3.63) is 89.0 Å². The van der Waals surface area contributed by atoms with Gasteiger partial charge in [-0.25, -0.2) is 19.3 Å². The van der Waals surface area contributed by atoms with E-state index in [2.05, 4.69) is 63.3 Å². The average molecular weight is 684 g/mol. The molecule has 0 unspecified atom stereocenters. The second-order valence-electron chi connectivity index (χ2n) is 12.2.